The Bertz CT molecular complexity index is 207. The van der Waals surface area contributed by atoms with Crippen LogP contribution in [0, 0.1) is 0 Å². The Hall–Kier alpha value is -0.120. The highest BCUT2D eigenvalue weighted by molar-refractivity contribution is 4.77. The van der Waals surface area contributed by atoms with Gasteiger partial charge in [-0.2, -0.15) is 0 Å². The van der Waals surface area contributed by atoms with Gasteiger partial charge in [-0.3, -0.25) is 0 Å². The molecule has 0 aromatic rings. The van der Waals surface area contributed by atoms with Crippen molar-refractivity contribution in [3.63, 3.8) is 0 Å². The summed E-state index contributed by atoms with van der Waals surface area (Å²) in [4.78, 5) is 0. The summed E-state index contributed by atoms with van der Waals surface area (Å²) >= 11 is 0. The van der Waals surface area contributed by atoms with Gasteiger partial charge in [-0.05, 0) is 46.5 Å². The van der Waals surface area contributed by atoms with Gasteiger partial charge >= 0.3 is 0 Å². The number of rotatable bonds is 12. The molecule has 0 aliphatic rings. The molecule has 0 spiro atoms. The zero-order valence-electron chi connectivity index (χ0n) is 13.1. The Morgan fingerprint density at radius 3 is 1.58 bits per heavy atom. The van der Waals surface area contributed by atoms with E-state index in [1.807, 2.05) is 6.92 Å². The first-order chi connectivity index (χ1) is 8.77. The number of unbranched alkanes of at least 4 members (excludes halogenated alkanes) is 6. The second kappa shape index (κ2) is 9.73. The molecule has 0 aliphatic heterocycles. The van der Waals surface area contributed by atoms with Gasteiger partial charge in [0.15, 0.2) is 0 Å². The highest BCUT2D eigenvalue weighted by Crippen LogP contribution is 2.24. The van der Waals surface area contributed by atoms with Crippen LogP contribution in [0.15, 0.2) is 0 Å². The number of hydrogen-bond acceptors (Lipinski definition) is 3. The Morgan fingerprint density at radius 2 is 1.11 bits per heavy atom. The van der Waals surface area contributed by atoms with Crippen LogP contribution >= 0.6 is 0 Å². The highest BCUT2D eigenvalue weighted by Gasteiger charge is 2.23. The van der Waals surface area contributed by atoms with Crippen molar-refractivity contribution in [2.75, 3.05) is 6.61 Å². The fourth-order valence-electron chi connectivity index (χ4n) is 2.20. The maximum absolute atomic E-state index is 10.2. The van der Waals surface area contributed by atoms with Gasteiger partial charge in [0.25, 0.3) is 0 Å². The zero-order chi connectivity index (χ0) is 14.8. The van der Waals surface area contributed by atoms with Crippen LogP contribution in [0.25, 0.3) is 0 Å². The largest absolute Gasteiger partial charge is 0.396 e. The molecule has 3 heteroatoms. The lowest BCUT2D eigenvalue weighted by Crippen LogP contribution is -2.29. The molecule has 0 aromatic carbocycles. The summed E-state index contributed by atoms with van der Waals surface area (Å²) in [7, 11) is 0. The lowest BCUT2D eigenvalue weighted by Gasteiger charge is -2.27. The second-order valence-electron chi connectivity index (χ2n) is 6.76. The van der Waals surface area contributed by atoms with E-state index in [2.05, 4.69) is 0 Å². The molecular weight excluding hydrogens is 240 g/mol. The molecule has 0 aromatic heterocycles. The molecular formula is C16H34O3. The summed E-state index contributed by atoms with van der Waals surface area (Å²) in [6.07, 6.45) is 10.0. The first kappa shape index (κ1) is 18.9. The third-order valence-corrected chi connectivity index (χ3v) is 3.65. The van der Waals surface area contributed by atoms with E-state index in [1.54, 1.807) is 13.8 Å². The molecule has 19 heavy (non-hydrogen) atoms. The molecule has 116 valence electrons. The van der Waals surface area contributed by atoms with Crippen LogP contribution in [0.5, 0.6) is 0 Å². The predicted molar refractivity (Wildman–Crippen MR) is 80.2 cm³/mol. The lowest BCUT2D eigenvalue weighted by molar-refractivity contribution is -0.000182. The van der Waals surface area contributed by atoms with E-state index in [9.17, 15) is 10.2 Å². The van der Waals surface area contributed by atoms with Gasteiger partial charge in [-0.15, -0.1) is 0 Å². The van der Waals surface area contributed by atoms with Gasteiger partial charge in [0.05, 0.1) is 11.2 Å². The van der Waals surface area contributed by atoms with Crippen molar-refractivity contribution in [1.29, 1.82) is 0 Å². The lowest BCUT2D eigenvalue weighted by atomic mass is 9.88. The van der Waals surface area contributed by atoms with E-state index >= 15 is 0 Å². The Kier molecular flexibility index (Phi) is 9.67. The third kappa shape index (κ3) is 14.1. The molecule has 0 heterocycles. The van der Waals surface area contributed by atoms with Crippen LogP contribution in [0.4, 0.5) is 0 Å². The first-order valence-corrected chi connectivity index (χ1v) is 7.82. The van der Waals surface area contributed by atoms with Crippen molar-refractivity contribution < 1.29 is 15.3 Å². The normalized spacial score (nSPS) is 15.5. The molecule has 3 nitrogen and oxygen atoms in total. The smallest absolute Gasteiger partial charge is 0.0620 e. The standard InChI is InChI=1S/C16H34O3/c1-15(2,18)12-13-16(3,19)11-9-7-5-4-6-8-10-14-17/h17-19H,4-14H2,1-3H3. The molecule has 0 aliphatic carbocycles. The van der Waals surface area contributed by atoms with Gasteiger partial charge in [-0.25, -0.2) is 0 Å². The summed E-state index contributed by atoms with van der Waals surface area (Å²) in [6, 6.07) is 0. The number of aliphatic hydroxyl groups is 3. The van der Waals surface area contributed by atoms with E-state index in [0.717, 1.165) is 32.1 Å². The fraction of sp³-hybridized carbons (Fsp3) is 1.00. The van der Waals surface area contributed by atoms with Crippen LogP contribution in [0.3, 0.4) is 0 Å². The van der Waals surface area contributed by atoms with Crippen molar-refractivity contribution in [3.05, 3.63) is 0 Å². The van der Waals surface area contributed by atoms with Crippen molar-refractivity contribution in [1.82, 2.24) is 0 Å². The summed E-state index contributed by atoms with van der Waals surface area (Å²) in [5.74, 6) is 0. The topological polar surface area (TPSA) is 60.7 Å². The van der Waals surface area contributed by atoms with Gasteiger partial charge in [0, 0.05) is 6.61 Å². The van der Waals surface area contributed by atoms with Crippen LogP contribution < -0.4 is 0 Å². The Balaban J connectivity index is 3.48. The minimum absolute atomic E-state index is 0.310. The minimum Gasteiger partial charge on any atom is -0.396 e. The Morgan fingerprint density at radius 1 is 0.632 bits per heavy atom. The number of hydrogen-bond donors (Lipinski definition) is 3. The van der Waals surface area contributed by atoms with Gasteiger partial charge in [0.1, 0.15) is 0 Å². The van der Waals surface area contributed by atoms with Crippen LogP contribution in [0.1, 0.15) is 85.0 Å². The maximum atomic E-state index is 10.2. The molecule has 0 fully saturated rings. The van der Waals surface area contributed by atoms with Crippen LogP contribution in [-0.4, -0.2) is 33.1 Å². The summed E-state index contributed by atoms with van der Waals surface area (Å²) < 4.78 is 0. The second-order valence-corrected chi connectivity index (χ2v) is 6.76. The quantitative estimate of drug-likeness (QED) is 0.478. The maximum Gasteiger partial charge on any atom is 0.0620 e. The molecule has 0 saturated heterocycles. The van der Waals surface area contributed by atoms with Gasteiger partial charge in [0.2, 0.25) is 0 Å². The number of aliphatic hydroxyl groups excluding tert-OH is 1. The molecule has 0 amide bonds. The van der Waals surface area contributed by atoms with E-state index < -0.39 is 11.2 Å². The molecule has 0 saturated carbocycles. The third-order valence-electron chi connectivity index (χ3n) is 3.65. The Labute approximate surface area is 119 Å². The van der Waals surface area contributed by atoms with E-state index in [1.165, 1.54) is 19.3 Å². The first-order valence-electron chi connectivity index (χ1n) is 7.82. The van der Waals surface area contributed by atoms with E-state index in [-0.39, 0.29) is 0 Å². The highest BCUT2D eigenvalue weighted by atomic mass is 16.3. The molecule has 0 bridgehead atoms. The fourth-order valence-corrected chi connectivity index (χ4v) is 2.20. The molecule has 1 atom stereocenters. The predicted octanol–water partition coefficient (Wildman–Crippen LogP) is 3.40. The van der Waals surface area contributed by atoms with Gasteiger partial charge in [-0.1, -0.05) is 38.5 Å². The van der Waals surface area contributed by atoms with E-state index in [0.29, 0.717) is 19.4 Å². The average molecular weight is 274 g/mol. The van der Waals surface area contributed by atoms with Crippen molar-refractivity contribution in [2.45, 2.75) is 96.2 Å². The SMILES string of the molecule is CC(C)(O)CCC(C)(O)CCCCCCCCCO. The molecule has 1 unspecified atom stereocenters. The molecule has 0 rings (SSSR count). The van der Waals surface area contributed by atoms with Crippen LogP contribution in [-0.2, 0) is 0 Å². The van der Waals surface area contributed by atoms with Crippen LogP contribution in [0.2, 0.25) is 0 Å². The summed E-state index contributed by atoms with van der Waals surface area (Å²) in [6.45, 7) is 5.76. The van der Waals surface area contributed by atoms with E-state index in [4.69, 9.17) is 5.11 Å². The zero-order valence-corrected chi connectivity index (χ0v) is 13.1. The van der Waals surface area contributed by atoms with Gasteiger partial charge < -0.3 is 15.3 Å². The average Bonchev–Trinajstić information content (AvgIpc) is 2.29. The summed E-state index contributed by atoms with van der Waals surface area (Å²) in [5, 5.41) is 28.5. The monoisotopic (exact) mass is 274 g/mol. The van der Waals surface area contributed by atoms with Crippen molar-refractivity contribution >= 4 is 0 Å². The van der Waals surface area contributed by atoms with Crippen molar-refractivity contribution in [3.8, 4) is 0 Å². The minimum atomic E-state index is -0.684. The van der Waals surface area contributed by atoms with Crippen molar-refractivity contribution in [2.24, 2.45) is 0 Å². The summed E-state index contributed by atoms with van der Waals surface area (Å²) in [5.41, 5.74) is -1.33. The molecule has 3 N–H and O–H groups in total. The molecule has 0 radical (unpaired) electrons.